The van der Waals surface area contributed by atoms with Gasteiger partial charge in [0.05, 0.1) is 28.7 Å². The van der Waals surface area contributed by atoms with E-state index in [4.69, 9.17) is 4.98 Å². The van der Waals surface area contributed by atoms with Gasteiger partial charge in [-0.3, -0.25) is 9.20 Å². The summed E-state index contributed by atoms with van der Waals surface area (Å²) in [5.74, 6) is 1.68. The molecule has 2 aromatic carbocycles. The number of nitrogens with zero attached hydrogens (tertiary/aromatic N) is 4. The van der Waals surface area contributed by atoms with E-state index in [1.54, 1.807) is 18.6 Å². The zero-order valence-corrected chi connectivity index (χ0v) is 22.4. The van der Waals surface area contributed by atoms with Crippen LogP contribution in [0, 0.1) is 18.3 Å². The summed E-state index contributed by atoms with van der Waals surface area (Å²) < 4.78 is 42.6. The van der Waals surface area contributed by atoms with Gasteiger partial charge in [-0.05, 0) is 85.9 Å². The van der Waals surface area contributed by atoms with Gasteiger partial charge >= 0.3 is 6.18 Å². The average Bonchev–Trinajstić information content (AvgIpc) is 3.35. The van der Waals surface area contributed by atoms with Gasteiger partial charge in [0.2, 0.25) is 5.91 Å². The summed E-state index contributed by atoms with van der Waals surface area (Å²) >= 11 is 0. The van der Waals surface area contributed by atoms with E-state index in [0.29, 0.717) is 36.0 Å². The molecule has 3 aliphatic carbocycles. The normalized spacial score (nSPS) is 23.0. The summed E-state index contributed by atoms with van der Waals surface area (Å²) in [4.78, 5) is 24.1. The Balaban J connectivity index is 1.21. The zero-order valence-electron chi connectivity index (χ0n) is 22.4. The number of alkyl halides is 3. The van der Waals surface area contributed by atoms with E-state index in [0.717, 1.165) is 54.1 Å². The Morgan fingerprint density at radius 1 is 1.18 bits per heavy atom. The van der Waals surface area contributed by atoms with Gasteiger partial charge in [-0.15, -0.1) is 0 Å². The quantitative estimate of drug-likeness (QED) is 0.300. The van der Waals surface area contributed by atoms with Crippen LogP contribution in [-0.2, 0) is 11.0 Å². The van der Waals surface area contributed by atoms with Crippen molar-refractivity contribution in [3.05, 3.63) is 77.3 Å². The SMILES string of the molecule is Cc1c(C(C)Nc2nc3cncn3c3ccc(C4=CCN(C(=O)C56CC(C5)C6)CC4)cc23)cccc1C(F)(F)F. The summed E-state index contributed by atoms with van der Waals surface area (Å²) in [5.41, 5.74) is 3.87. The Hall–Kier alpha value is -3.88. The largest absolute Gasteiger partial charge is 0.416 e. The van der Waals surface area contributed by atoms with Crippen molar-refractivity contribution in [3.8, 4) is 0 Å². The molecule has 206 valence electrons. The molecule has 8 rings (SSSR count). The van der Waals surface area contributed by atoms with Crippen LogP contribution in [0.4, 0.5) is 19.0 Å². The maximum Gasteiger partial charge on any atom is 0.416 e. The van der Waals surface area contributed by atoms with Gasteiger partial charge in [-0.25, -0.2) is 9.97 Å². The first-order valence-corrected chi connectivity index (χ1v) is 13.8. The third-order valence-corrected chi connectivity index (χ3v) is 9.22. The van der Waals surface area contributed by atoms with Crippen LogP contribution in [0.5, 0.6) is 0 Å². The summed E-state index contributed by atoms with van der Waals surface area (Å²) in [7, 11) is 0. The van der Waals surface area contributed by atoms with E-state index in [-0.39, 0.29) is 11.0 Å². The highest BCUT2D eigenvalue weighted by Crippen LogP contribution is 2.65. The molecule has 4 aliphatic rings. The van der Waals surface area contributed by atoms with Crippen LogP contribution in [0.1, 0.15) is 60.9 Å². The fourth-order valence-corrected chi connectivity index (χ4v) is 6.88. The van der Waals surface area contributed by atoms with Gasteiger partial charge in [-0.2, -0.15) is 13.2 Å². The van der Waals surface area contributed by atoms with Gasteiger partial charge in [-0.1, -0.05) is 24.3 Å². The highest BCUT2D eigenvalue weighted by atomic mass is 19.4. The first kappa shape index (κ1) is 25.1. The van der Waals surface area contributed by atoms with Crippen molar-refractivity contribution in [2.75, 3.05) is 18.4 Å². The molecule has 9 heteroatoms. The maximum atomic E-state index is 13.6. The third kappa shape index (κ3) is 3.89. The van der Waals surface area contributed by atoms with Crippen molar-refractivity contribution in [2.45, 2.75) is 51.7 Å². The number of carbonyl (C=O) groups excluding carboxylic acids is 1. The second-order valence-electron chi connectivity index (χ2n) is 11.7. The van der Waals surface area contributed by atoms with Gasteiger partial charge < -0.3 is 10.2 Å². The Morgan fingerprint density at radius 2 is 1.98 bits per heavy atom. The maximum absolute atomic E-state index is 13.6. The molecule has 3 heterocycles. The van der Waals surface area contributed by atoms with E-state index in [9.17, 15) is 18.0 Å². The topological polar surface area (TPSA) is 62.5 Å². The molecule has 2 bridgehead atoms. The fraction of sp³-hybridized carbons (Fsp3) is 0.387. The van der Waals surface area contributed by atoms with Crippen LogP contribution < -0.4 is 5.32 Å². The summed E-state index contributed by atoms with van der Waals surface area (Å²) in [5, 5.41) is 4.25. The lowest BCUT2D eigenvalue weighted by molar-refractivity contribution is -0.176. The van der Waals surface area contributed by atoms with E-state index < -0.39 is 17.8 Å². The number of imidazole rings is 1. The minimum absolute atomic E-state index is 0.0595. The first-order chi connectivity index (χ1) is 19.1. The molecule has 0 spiro atoms. The molecule has 0 saturated heterocycles. The fourth-order valence-electron chi connectivity index (χ4n) is 6.88. The van der Waals surface area contributed by atoms with Crippen molar-refractivity contribution >= 4 is 33.8 Å². The average molecular weight is 546 g/mol. The second kappa shape index (κ2) is 8.81. The monoisotopic (exact) mass is 545 g/mol. The van der Waals surface area contributed by atoms with Crippen molar-refractivity contribution in [1.82, 2.24) is 19.3 Å². The molecule has 6 nitrogen and oxygen atoms in total. The Labute approximate surface area is 229 Å². The minimum atomic E-state index is -4.41. The highest BCUT2D eigenvalue weighted by molar-refractivity contribution is 5.94. The first-order valence-electron chi connectivity index (χ1n) is 13.8. The summed E-state index contributed by atoms with van der Waals surface area (Å²) in [6, 6.07) is 10.1. The lowest BCUT2D eigenvalue weighted by Gasteiger charge is -2.61. The number of nitrogens with one attached hydrogen (secondary N) is 1. The number of benzene rings is 2. The number of rotatable bonds is 5. The van der Waals surface area contributed by atoms with Crippen LogP contribution in [-0.4, -0.2) is 38.3 Å². The number of hydrogen-bond acceptors (Lipinski definition) is 4. The van der Waals surface area contributed by atoms with Crippen LogP contribution in [0.15, 0.2) is 55.0 Å². The van der Waals surface area contributed by atoms with Crippen LogP contribution in [0.2, 0.25) is 0 Å². The zero-order chi connectivity index (χ0) is 27.8. The van der Waals surface area contributed by atoms with E-state index in [2.05, 4.69) is 28.5 Å². The number of anilines is 1. The van der Waals surface area contributed by atoms with Crippen LogP contribution >= 0.6 is 0 Å². The smallest absolute Gasteiger partial charge is 0.363 e. The molecule has 1 atom stereocenters. The third-order valence-electron chi connectivity index (χ3n) is 9.22. The van der Waals surface area contributed by atoms with Crippen LogP contribution in [0.3, 0.4) is 0 Å². The molecule has 2 aromatic heterocycles. The number of hydrogen-bond donors (Lipinski definition) is 1. The Morgan fingerprint density at radius 3 is 2.65 bits per heavy atom. The molecular formula is C31H30F3N5O. The van der Waals surface area contributed by atoms with E-state index in [1.165, 1.54) is 18.6 Å². The lowest BCUT2D eigenvalue weighted by Crippen LogP contribution is -2.61. The molecule has 40 heavy (non-hydrogen) atoms. The number of carbonyl (C=O) groups is 1. The minimum Gasteiger partial charge on any atom is -0.363 e. The van der Waals surface area contributed by atoms with Crippen molar-refractivity contribution in [1.29, 1.82) is 0 Å². The Kier molecular flexibility index (Phi) is 5.53. The summed E-state index contributed by atoms with van der Waals surface area (Å²) in [6.07, 6.45) is 5.08. The summed E-state index contributed by atoms with van der Waals surface area (Å²) in [6.45, 7) is 4.69. The lowest BCUT2D eigenvalue weighted by atomic mass is 9.44. The molecule has 1 amide bonds. The number of halogens is 3. The Bertz CT molecular complexity index is 1690. The number of fused-ring (bicyclic) bond motifs is 3. The van der Waals surface area contributed by atoms with E-state index >= 15 is 0 Å². The van der Waals surface area contributed by atoms with Crippen LogP contribution in [0.25, 0.3) is 22.1 Å². The molecular weight excluding hydrogens is 515 g/mol. The molecule has 4 aromatic rings. The van der Waals surface area contributed by atoms with Gasteiger partial charge in [0.25, 0.3) is 0 Å². The van der Waals surface area contributed by atoms with Gasteiger partial charge in [0.1, 0.15) is 12.1 Å². The predicted octanol–water partition coefficient (Wildman–Crippen LogP) is 6.80. The molecule has 1 aliphatic heterocycles. The van der Waals surface area contributed by atoms with Crippen molar-refractivity contribution < 1.29 is 18.0 Å². The van der Waals surface area contributed by atoms with E-state index in [1.807, 2.05) is 22.3 Å². The highest BCUT2D eigenvalue weighted by Gasteiger charge is 2.62. The number of aromatic nitrogens is 3. The second-order valence-corrected chi connectivity index (χ2v) is 11.7. The van der Waals surface area contributed by atoms with Gasteiger partial charge in [0, 0.05) is 18.5 Å². The standard InChI is InChI=1S/C31H30F3N5O/c1-18-23(4-3-5-25(18)31(32,33)34)19(2)36-28-24-12-22(6-7-26(24)39-17-35-16-27(39)37-28)21-8-10-38(11-9-21)29(40)30-13-20(14-30)15-30/h3-8,12,16-17,19-20H,9-11,13-15H2,1-2H3,(H,36,37). The van der Waals surface area contributed by atoms with Crippen molar-refractivity contribution in [2.24, 2.45) is 11.3 Å². The molecule has 3 saturated carbocycles. The predicted molar refractivity (Wildman–Crippen MR) is 148 cm³/mol. The van der Waals surface area contributed by atoms with Gasteiger partial charge in [0.15, 0.2) is 5.65 Å². The molecule has 0 radical (unpaired) electrons. The molecule has 1 unspecified atom stereocenters. The molecule has 3 fully saturated rings. The molecule has 1 N–H and O–H groups in total. The van der Waals surface area contributed by atoms with Crippen molar-refractivity contribution in [3.63, 3.8) is 0 Å². The number of amides is 1.